The van der Waals surface area contributed by atoms with Crippen molar-refractivity contribution in [3.63, 3.8) is 0 Å². The molecule has 1 unspecified atom stereocenters. The van der Waals surface area contributed by atoms with Gasteiger partial charge in [0.2, 0.25) is 5.60 Å². The van der Waals surface area contributed by atoms with E-state index in [4.69, 9.17) is 4.74 Å². The molecule has 5 rings (SSSR count). The summed E-state index contributed by atoms with van der Waals surface area (Å²) in [5.41, 5.74) is 1.92. The molecule has 2 heterocycles. The van der Waals surface area contributed by atoms with Gasteiger partial charge >= 0.3 is 5.97 Å². The number of benzene rings is 2. The van der Waals surface area contributed by atoms with Gasteiger partial charge in [-0.3, -0.25) is 0 Å². The molecule has 0 saturated carbocycles. The minimum atomic E-state index is -1.81. The van der Waals surface area contributed by atoms with Gasteiger partial charge in [-0.1, -0.05) is 48.5 Å². The lowest BCUT2D eigenvalue weighted by molar-refractivity contribution is -0.162. The van der Waals surface area contributed by atoms with Crippen LogP contribution in [0.4, 0.5) is 0 Å². The summed E-state index contributed by atoms with van der Waals surface area (Å²) in [4.78, 5) is 21.8. The first-order chi connectivity index (χ1) is 15.7. The molecule has 1 fully saturated rings. The Morgan fingerprint density at radius 1 is 1.12 bits per heavy atom. The Morgan fingerprint density at radius 2 is 1.84 bits per heavy atom. The maximum absolute atomic E-state index is 13.4. The molecule has 2 N–H and O–H groups in total. The van der Waals surface area contributed by atoms with E-state index in [1.54, 1.807) is 18.3 Å². The number of piperidine rings is 1. The zero-order valence-corrected chi connectivity index (χ0v) is 17.9. The number of rotatable bonds is 6. The monoisotopic (exact) mass is 429 g/mol. The number of nitrogens with one attached hydrogen (secondary N) is 1. The molecule has 0 spiro atoms. The topological polar surface area (TPSA) is 84.3 Å². The molecule has 0 bridgehead atoms. The molecule has 3 aromatic rings. The van der Waals surface area contributed by atoms with Gasteiger partial charge in [0, 0.05) is 23.2 Å². The van der Waals surface area contributed by atoms with Gasteiger partial charge in [-0.05, 0) is 55.5 Å². The van der Waals surface area contributed by atoms with Crippen molar-refractivity contribution in [1.29, 1.82) is 0 Å². The van der Waals surface area contributed by atoms with E-state index < -0.39 is 11.6 Å². The average molecular weight is 430 g/mol. The molecule has 1 aromatic heterocycles. The Bertz CT molecular complexity index is 1050. The van der Waals surface area contributed by atoms with E-state index >= 15 is 0 Å². The summed E-state index contributed by atoms with van der Waals surface area (Å²) in [5.74, 6) is -0.198. The molecule has 2 aliphatic rings. The van der Waals surface area contributed by atoms with E-state index in [-0.39, 0.29) is 12.5 Å². The van der Waals surface area contributed by atoms with Crippen molar-refractivity contribution in [3.8, 4) is 11.1 Å². The van der Waals surface area contributed by atoms with E-state index in [1.807, 2.05) is 42.5 Å². The smallest absolute Gasteiger partial charge is 0.347 e. The summed E-state index contributed by atoms with van der Waals surface area (Å²) < 4.78 is 5.83. The summed E-state index contributed by atoms with van der Waals surface area (Å²) in [6, 6.07) is 16.8. The number of hydrogen-bond acceptors (Lipinski definition) is 6. The van der Waals surface area contributed by atoms with Crippen molar-refractivity contribution in [1.82, 2.24) is 15.3 Å². The van der Waals surface area contributed by atoms with Crippen molar-refractivity contribution in [2.75, 3.05) is 19.7 Å². The number of fused-ring (bicyclic) bond motifs is 3. The van der Waals surface area contributed by atoms with Gasteiger partial charge in [-0.25, -0.2) is 14.8 Å². The highest BCUT2D eigenvalue weighted by Gasteiger charge is 2.49. The molecule has 2 atom stereocenters. The van der Waals surface area contributed by atoms with E-state index in [0.717, 1.165) is 49.2 Å². The van der Waals surface area contributed by atoms with Crippen LogP contribution in [0.5, 0.6) is 0 Å². The van der Waals surface area contributed by atoms with E-state index in [0.29, 0.717) is 17.0 Å². The average Bonchev–Trinajstić information content (AvgIpc) is 3.13. The van der Waals surface area contributed by atoms with Crippen molar-refractivity contribution in [2.45, 2.75) is 30.8 Å². The van der Waals surface area contributed by atoms with Crippen molar-refractivity contribution in [3.05, 3.63) is 83.9 Å². The van der Waals surface area contributed by atoms with Crippen LogP contribution < -0.4 is 5.32 Å². The number of carbonyl (C=O) groups is 1. The molecular weight excluding hydrogens is 402 g/mol. The second-order valence-corrected chi connectivity index (χ2v) is 8.68. The quantitative estimate of drug-likeness (QED) is 0.584. The highest BCUT2D eigenvalue weighted by molar-refractivity contribution is 5.96. The van der Waals surface area contributed by atoms with Crippen LogP contribution in [0, 0.1) is 5.92 Å². The Kier molecular flexibility index (Phi) is 5.72. The highest BCUT2D eigenvalue weighted by Crippen LogP contribution is 2.48. The van der Waals surface area contributed by atoms with Crippen LogP contribution in [0.1, 0.15) is 42.0 Å². The Balaban J connectivity index is 1.39. The molecule has 1 aliphatic heterocycles. The van der Waals surface area contributed by atoms with Crippen LogP contribution in [0.2, 0.25) is 0 Å². The Labute approximate surface area is 187 Å². The van der Waals surface area contributed by atoms with Crippen LogP contribution in [0.3, 0.4) is 0 Å². The number of carbonyl (C=O) groups excluding carboxylic acids is 1. The fourth-order valence-corrected chi connectivity index (χ4v) is 5.06. The SMILES string of the molecule is O=C(OCC(C[C@H]1CCCNC1)c1ccncn1)C1(O)c2ccccc2-c2ccccc21. The van der Waals surface area contributed by atoms with Gasteiger partial charge in [0.1, 0.15) is 6.33 Å². The van der Waals surface area contributed by atoms with Gasteiger partial charge in [0.25, 0.3) is 0 Å². The molecule has 6 nitrogen and oxygen atoms in total. The lowest BCUT2D eigenvalue weighted by atomic mass is 9.87. The van der Waals surface area contributed by atoms with Crippen LogP contribution in [-0.4, -0.2) is 40.7 Å². The summed E-state index contributed by atoms with van der Waals surface area (Å²) in [6.07, 6.45) is 6.40. The normalized spacial score (nSPS) is 19.6. The molecule has 0 amide bonds. The molecule has 1 saturated heterocycles. The summed E-state index contributed by atoms with van der Waals surface area (Å²) in [7, 11) is 0. The Hall–Kier alpha value is -3.09. The molecule has 1 aliphatic carbocycles. The fourth-order valence-electron chi connectivity index (χ4n) is 5.06. The molecule has 164 valence electrons. The third-order valence-electron chi connectivity index (χ3n) is 6.67. The van der Waals surface area contributed by atoms with Gasteiger partial charge < -0.3 is 15.2 Å². The summed E-state index contributed by atoms with van der Waals surface area (Å²) >= 11 is 0. The van der Waals surface area contributed by atoms with E-state index in [9.17, 15) is 9.90 Å². The fraction of sp³-hybridized carbons (Fsp3) is 0.346. The molecule has 6 heteroatoms. The number of aliphatic hydroxyl groups is 1. The molecule has 0 radical (unpaired) electrons. The standard InChI is InChI=1S/C26H27N3O3/c30-25(26(31)22-9-3-1-7-20(22)21-8-2-4-10-23(21)26)32-16-19(24-11-13-28-17-29-24)14-18-6-5-12-27-15-18/h1-4,7-11,13,17-19,27,31H,5-6,12,14-16H2/t18-,19?/m1/s1. The second-order valence-electron chi connectivity index (χ2n) is 8.68. The van der Waals surface area contributed by atoms with Crippen LogP contribution in [0.15, 0.2) is 67.1 Å². The number of hydrogen-bond donors (Lipinski definition) is 2. The molecule has 32 heavy (non-hydrogen) atoms. The van der Waals surface area contributed by atoms with Gasteiger partial charge in [-0.15, -0.1) is 0 Å². The zero-order valence-electron chi connectivity index (χ0n) is 17.9. The number of esters is 1. The highest BCUT2D eigenvalue weighted by atomic mass is 16.5. The third-order valence-corrected chi connectivity index (χ3v) is 6.67. The van der Waals surface area contributed by atoms with Crippen LogP contribution >= 0.6 is 0 Å². The molecule has 2 aromatic carbocycles. The van der Waals surface area contributed by atoms with Gasteiger partial charge in [-0.2, -0.15) is 0 Å². The maximum atomic E-state index is 13.4. The number of aromatic nitrogens is 2. The van der Waals surface area contributed by atoms with Gasteiger partial charge in [0.15, 0.2) is 0 Å². The van der Waals surface area contributed by atoms with E-state index in [2.05, 4.69) is 15.3 Å². The number of ether oxygens (including phenoxy) is 1. The largest absolute Gasteiger partial charge is 0.462 e. The third kappa shape index (κ3) is 3.70. The maximum Gasteiger partial charge on any atom is 0.347 e. The van der Waals surface area contributed by atoms with Crippen molar-refractivity contribution in [2.24, 2.45) is 5.92 Å². The lowest BCUT2D eigenvalue weighted by Gasteiger charge is -2.28. The summed E-state index contributed by atoms with van der Waals surface area (Å²) in [5, 5.41) is 15.1. The molecular formula is C26H27N3O3. The van der Waals surface area contributed by atoms with Crippen LogP contribution in [0.25, 0.3) is 11.1 Å². The number of nitrogens with zero attached hydrogens (tertiary/aromatic N) is 2. The summed E-state index contributed by atoms with van der Waals surface area (Å²) in [6.45, 7) is 2.18. The predicted molar refractivity (Wildman–Crippen MR) is 121 cm³/mol. The first-order valence-corrected chi connectivity index (χ1v) is 11.2. The lowest BCUT2D eigenvalue weighted by Crippen LogP contribution is -2.38. The van der Waals surface area contributed by atoms with Gasteiger partial charge in [0.05, 0.1) is 12.3 Å². The van der Waals surface area contributed by atoms with Crippen molar-refractivity contribution >= 4 is 5.97 Å². The van der Waals surface area contributed by atoms with Crippen molar-refractivity contribution < 1.29 is 14.6 Å². The first-order valence-electron chi connectivity index (χ1n) is 11.2. The zero-order chi connectivity index (χ0) is 22.0. The predicted octanol–water partition coefficient (Wildman–Crippen LogP) is 3.41. The minimum Gasteiger partial charge on any atom is -0.462 e. The second kappa shape index (κ2) is 8.81. The minimum absolute atomic E-state index is 0.0534. The van der Waals surface area contributed by atoms with Crippen LogP contribution in [-0.2, 0) is 15.1 Å². The van der Waals surface area contributed by atoms with E-state index in [1.165, 1.54) is 6.33 Å². The Morgan fingerprint density at radius 3 is 2.47 bits per heavy atom. The first kappa shape index (κ1) is 20.8.